The predicted molar refractivity (Wildman–Crippen MR) is 99.9 cm³/mol. The van der Waals surface area contributed by atoms with E-state index in [2.05, 4.69) is 34.2 Å². The Morgan fingerprint density at radius 2 is 2.15 bits per heavy atom. The number of aryl methyl sites for hydroxylation is 1. The van der Waals surface area contributed by atoms with Crippen molar-refractivity contribution in [2.45, 2.75) is 32.6 Å². The van der Waals surface area contributed by atoms with Crippen LogP contribution in [0.25, 0.3) is 10.9 Å². The number of amides is 1. The molecule has 1 amide bonds. The minimum absolute atomic E-state index is 0.0302. The van der Waals surface area contributed by atoms with Crippen LogP contribution in [-0.2, 0) is 6.42 Å². The smallest absolute Gasteiger partial charge is 0.291 e. The molecule has 26 heavy (non-hydrogen) atoms. The third kappa shape index (κ3) is 3.47. The highest BCUT2D eigenvalue weighted by Gasteiger charge is 2.25. The zero-order valence-corrected chi connectivity index (χ0v) is 15.0. The Hall–Kier alpha value is -2.69. The van der Waals surface area contributed by atoms with Crippen molar-refractivity contribution < 1.29 is 9.21 Å². The predicted octanol–water partition coefficient (Wildman–Crippen LogP) is 4.02. The molecular formula is C21H23N3O2. The molecule has 1 atom stereocenters. The third-order valence-corrected chi connectivity index (χ3v) is 5.27. The van der Waals surface area contributed by atoms with Gasteiger partial charge >= 0.3 is 0 Å². The van der Waals surface area contributed by atoms with Gasteiger partial charge in [-0.1, -0.05) is 12.1 Å². The first kappa shape index (κ1) is 16.8. The summed E-state index contributed by atoms with van der Waals surface area (Å²) in [7, 11) is 0. The van der Waals surface area contributed by atoms with Gasteiger partial charge in [0.15, 0.2) is 6.39 Å². The topological polar surface area (TPSA) is 59.2 Å². The van der Waals surface area contributed by atoms with Gasteiger partial charge in [0.25, 0.3) is 5.91 Å². The van der Waals surface area contributed by atoms with Crippen LogP contribution >= 0.6 is 0 Å². The molecular weight excluding hydrogens is 326 g/mol. The summed E-state index contributed by atoms with van der Waals surface area (Å²) in [6.45, 7) is 3.38. The minimum atomic E-state index is -0.0302. The van der Waals surface area contributed by atoms with Crippen LogP contribution in [-0.4, -0.2) is 33.9 Å². The number of oxazole rings is 1. The first-order valence-electron chi connectivity index (χ1n) is 9.24. The van der Waals surface area contributed by atoms with E-state index >= 15 is 0 Å². The zero-order valence-electron chi connectivity index (χ0n) is 15.0. The summed E-state index contributed by atoms with van der Waals surface area (Å²) in [6, 6.07) is 10.6. The van der Waals surface area contributed by atoms with Gasteiger partial charge in [-0.3, -0.25) is 9.78 Å². The standard InChI is InChI=1S/C21H23N3O2/c1-15-20(26-14-23-15)21(25)24-10-3-4-16(8-11-24)12-17-6-7-19-18(13-17)5-2-9-22-19/h2,5-7,9,13-14,16H,3-4,8,10-12H2,1H3/t16-/m1/s1. The van der Waals surface area contributed by atoms with Gasteiger partial charge in [-0.25, -0.2) is 4.98 Å². The summed E-state index contributed by atoms with van der Waals surface area (Å²) in [4.78, 5) is 23.0. The SMILES string of the molecule is Cc1ncoc1C(=O)N1CCC[C@@H](Cc2ccc3ncccc3c2)CC1. The van der Waals surface area contributed by atoms with Gasteiger partial charge in [0.2, 0.25) is 5.76 Å². The lowest BCUT2D eigenvalue weighted by atomic mass is 9.92. The Balaban J connectivity index is 1.41. The van der Waals surface area contributed by atoms with Gasteiger partial charge < -0.3 is 9.32 Å². The molecule has 5 heteroatoms. The van der Waals surface area contributed by atoms with E-state index in [-0.39, 0.29) is 5.91 Å². The Kier molecular flexibility index (Phi) is 4.69. The molecule has 0 saturated carbocycles. The molecule has 1 aliphatic heterocycles. The molecule has 5 nitrogen and oxygen atoms in total. The largest absolute Gasteiger partial charge is 0.438 e. The Bertz CT molecular complexity index is 918. The van der Waals surface area contributed by atoms with Gasteiger partial charge in [-0.2, -0.15) is 0 Å². The van der Waals surface area contributed by atoms with E-state index in [1.807, 2.05) is 24.1 Å². The zero-order chi connectivity index (χ0) is 17.9. The second-order valence-electron chi connectivity index (χ2n) is 7.09. The summed E-state index contributed by atoms with van der Waals surface area (Å²) in [5.41, 5.74) is 3.05. The van der Waals surface area contributed by atoms with Gasteiger partial charge in [-0.15, -0.1) is 0 Å². The quantitative estimate of drug-likeness (QED) is 0.717. The fourth-order valence-electron chi connectivity index (χ4n) is 3.81. The number of fused-ring (bicyclic) bond motifs is 1. The van der Waals surface area contributed by atoms with Crippen molar-refractivity contribution in [3.05, 3.63) is 59.9 Å². The van der Waals surface area contributed by atoms with Crippen molar-refractivity contribution in [1.29, 1.82) is 0 Å². The first-order chi connectivity index (χ1) is 12.7. The summed E-state index contributed by atoms with van der Waals surface area (Å²) in [5.74, 6) is 0.945. The maximum atomic E-state index is 12.6. The van der Waals surface area contributed by atoms with Crippen LogP contribution < -0.4 is 0 Å². The van der Waals surface area contributed by atoms with E-state index in [0.717, 1.165) is 44.3 Å². The molecule has 1 aromatic carbocycles. The van der Waals surface area contributed by atoms with Crippen LogP contribution in [0.15, 0.2) is 47.3 Å². The van der Waals surface area contributed by atoms with Gasteiger partial charge in [0.05, 0.1) is 11.2 Å². The van der Waals surface area contributed by atoms with E-state index in [1.54, 1.807) is 0 Å². The number of hydrogen-bond acceptors (Lipinski definition) is 4. The molecule has 3 aromatic rings. The highest BCUT2D eigenvalue weighted by Crippen LogP contribution is 2.24. The number of likely N-dealkylation sites (tertiary alicyclic amines) is 1. The maximum absolute atomic E-state index is 12.6. The molecule has 0 unspecified atom stereocenters. The van der Waals surface area contributed by atoms with Crippen molar-refractivity contribution in [2.24, 2.45) is 5.92 Å². The monoisotopic (exact) mass is 349 g/mol. The van der Waals surface area contributed by atoms with E-state index in [1.165, 1.54) is 17.3 Å². The normalized spacial score (nSPS) is 18.0. The van der Waals surface area contributed by atoms with Crippen LogP contribution in [0.3, 0.4) is 0 Å². The molecule has 1 fully saturated rings. The molecule has 4 rings (SSSR count). The number of rotatable bonds is 3. The molecule has 3 heterocycles. The van der Waals surface area contributed by atoms with Crippen molar-refractivity contribution >= 4 is 16.8 Å². The molecule has 2 aromatic heterocycles. The second-order valence-corrected chi connectivity index (χ2v) is 7.09. The highest BCUT2D eigenvalue weighted by atomic mass is 16.3. The number of carbonyl (C=O) groups excluding carboxylic acids is 1. The summed E-state index contributed by atoms with van der Waals surface area (Å²) in [6.07, 6.45) is 7.41. The molecule has 1 aliphatic rings. The fraction of sp³-hybridized carbons (Fsp3) is 0.381. The molecule has 0 N–H and O–H groups in total. The average Bonchev–Trinajstić information content (AvgIpc) is 2.95. The van der Waals surface area contributed by atoms with Crippen LogP contribution in [0.1, 0.15) is 41.1 Å². The van der Waals surface area contributed by atoms with Crippen LogP contribution in [0.4, 0.5) is 0 Å². The number of hydrogen-bond donors (Lipinski definition) is 0. The van der Waals surface area contributed by atoms with Crippen molar-refractivity contribution in [3.63, 3.8) is 0 Å². The van der Waals surface area contributed by atoms with Crippen molar-refractivity contribution in [1.82, 2.24) is 14.9 Å². The number of carbonyl (C=O) groups is 1. The Labute approximate surface area is 153 Å². The molecule has 1 saturated heterocycles. The fourth-order valence-corrected chi connectivity index (χ4v) is 3.81. The average molecular weight is 349 g/mol. The Morgan fingerprint density at radius 1 is 1.23 bits per heavy atom. The van der Waals surface area contributed by atoms with Crippen LogP contribution in [0, 0.1) is 12.8 Å². The second kappa shape index (κ2) is 7.28. The first-order valence-corrected chi connectivity index (χ1v) is 9.24. The summed E-state index contributed by atoms with van der Waals surface area (Å²) in [5, 5.41) is 1.19. The summed E-state index contributed by atoms with van der Waals surface area (Å²) >= 11 is 0. The number of aromatic nitrogens is 2. The van der Waals surface area contributed by atoms with Crippen LogP contribution in [0.5, 0.6) is 0 Å². The maximum Gasteiger partial charge on any atom is 0.291 e. The van der Waals surface area contributed by atoms with E-state index in [9.17, 15) is 4.79 Å². The number of nitrogens with zero attached hydrogens (tertiary/aromatic N) is 3. The molecule has 0 spiro atoms. The number of pyridine rings is 1. The van der Waals surface area contributed by atoms with E-state index in [0.29, 0.717) is 17.4 Å². The lowest BCUT2D eigenvalue weighted by Crippen LogP contribution is -2.32. The van der Waals surface area contributed by atoms with E-state index in [4.69, 9.17) is 4.42 Å². The lowest BCUT2D eigenvalue weighted by molar-refractivity contribution is 0.0727. The molecule has 0 radical (unpaired) electrons. The Morgan fingerprint density at radius 3 is 3.00 bits per heavy atom. The van der Waals surface area contributed by atoms with E-state index < -0.39 is 0 Å². The van der Waals surface area contributed by atoms with Crippen molar-refractivity contribution in [2.75, 3.05) is 13.1 Å². The van der Waals surface area contributed by atoms with Crippen LogP contribution in [0.2, 0.25) is 0 Å². The van der Waals surface area contributed by atoms with Crippen molar-refractivity contribution in [3.8, 4) is 0 Å². The molecule has 0 bridgehead atoms. The number of benzene rings is 1. The third-order valence-electron chi connectivity index (χ3n) is 5.27. The van der Waals surface area contributed by atoms with Gasteiger partial charge in [0.1, 0.15) is 0 Å². The minimum Gasteiger partial charge on any atom is -0.438 e. The van der Waals surface area contributed by atoms with Gasteiger partial charge in [0, 0.05) is 24.7 Å². The highest BCUT2D eigenvalue weighted by molar-refractivity contribution is 5.92. The lowest BCUT2D eigenvalue weighted by Gasteiger charge is -2.19. The summed E-state index contributed by atoms with van der Waals surface area (Å²) < 4.78 is 5.28. The molecule has 0 aliphatic carbocycles. The molecule has 134 valence electrons. The van der Waals surface area contributed by atoms with Gasteiger partial charge in [-0.05, 0) is 62.3 Å².